The lowest BCUT2D eigenvalue weighted by Crippen LogP contribution is -2.24. The summed E-state index contributed by atoms with van der Waals surface area (Å²) in [5, 5.41) is 11.2. The van der Waals surface area contributed by atoms with Gasteiger partial charge in [0, 0.05) is 35.6 Å². The fraction of sp³-hybridized carbons (Fsp3) is 0.250. The number of anilines is 3. The lowest BCUT2D eigenvalue weighted by Gasteiger charge is -2.10. The van der Waals surface area contributed by atoms with Crippen molar-refractivity contribution in [3.8, 4) is 0 Å². The van der Waals surface area contributed by atoms with E-state index in [1.807, 2.05) is 6.92 Å². The van der Waals surface area contributed by atoms with Crippen molar-refractivity contribution in [2.24, 2.45) is 0 Å². The van der Waals surface area contributed by atoms with Crippen molar-refractivity contribution in [3.63, 3.8) is 0 Å². The first-order valence-corrected chi connectivity index (χ1v) is 8.83. The average molecular weight is 368 g/mol. The van der Waals surface area contributed by atoms with E-state index in [0.717, 1.165) is 5.69 Å². The fourth-order valence-corrected chi connectivity index (χ4v) is 2.31. The van der Waals surface area contributed by atoms with E-state index in [-0.39, 0.29) is 24.3 Å². The molecule has 0 bridgehead atoms. The van der Waals surface area contributed by atoms with Gasteiger partial charge in [-0.15, -0.1) is 0 Å². The van der Waals surface area contributed by atoms with Crippen LogP contribution in [0.5, 0.6) is 0 Å². The normalized spacial score (nSPS) is 10.0. The van der Waals surface area contributed by atoms with Crippen LogP contribution >= 0.6 is 0 Å². The van der Waals surface area contributed by atoms with Crippen LogP contribution in [0, 0.1) is 0 Å². The molecule has 3 amide bonds. The highest BCUT2D eigenvalue weighted by molar-refractivity contribution is 5.98. The van der Waals surface area contributed by atoms with Crippen LogP contribution in [0.15, 0.2) is 48.5 Å². The van der Waals surface area contributed by atoms with Crippen molar-refractivity contribution >= 4 is 34.8 Å². The average Bonchev–Trinajstić information content (AvgIpc) is 2.67. The Morgan fingerprint density at radius 1 is 0.815 bits per heavy atom. The Morgan fingerprint density at radius 2 is 1.48 bits per heavy atom. The minimum absolute atomic E-state index is 0.0510. The molecule has 0 aliphatic heterocycles. The van der Waals surface area contributed by atoms with Crippen molar-refractivity contribution in [2.45, 2.75) is 20.3 Å². The smallest absolute Gasteiger partial charge is 0.251 e. The highest BCUT2D eigenvalue weighted by atomic mass is 16.2. The second kappa shape index (κ2) is 9.96. The van der Waals surface area contributed by atoms with Gasteiger partial charge >= 0.3 is 0 Å². The van der Waals surface area contributed by atoms with E-state index < -0.39 is 0 Å². The maximum atomic E-state index is 12.1. The Balaban J connectivity index is 1.86. The first kappa shape index (κ1) is 20.0. The maximum Gasteiger partial charge on any atom is 0.251 e. The van der Waals surface area contributed by atoms with Gasteiger partial charge in [-0.1, -0.05) is 13.0 Å². The third-order valence-electron chi connectivity index (χ3n) is 3.69. The van der Waals surface area contributed by atoms with Crippen molar-refractivity contribution in [1.82, 2.24) is 5.32 Å². The molecule has 0 saturated heterocycles. The van der Waals surface area contributed by atoms with E-state index in [1.165, 1.54) is 0 Å². The van der Waals surface area contributed by atoms with Gasteiger partial charge in [-0.2, -0.15) is 0 Å². The van der Waals surface area contributed by atoms with Gasteiger partial charge in [0.05, 0.1) is 6.54 Å². The van der Waals surface area contributed by atoms with Crippen LogP contribution < -0.4 is 21.3 Å². The van der Waals surface area contributed by atoms with E-state index in [1.54, 1.807) is 55.5 Å². The molecule has 0 unspecified atom stereocenters. The Hall–Kier alpha value is -3.35. The van der Waals surface area contributed by atoms with Gasteiger partial charge in [-0.25, -0.2) is 0 Å². The van der Waals surface area contributed by atoms with Gasteiger partial charge < -0.3 is 21.3 Å². The summed E-state index contributed by atoms with van der Waals surface area (Å²) in [7, 11) is 0. The molecule has 142 valence electrons. The van der Waals surface area contributed by atoms with Crippen molar-refractivity contribution in [3.05, 3.63) is 54.1 Å². The summed E-state index contributed by atoms with van der Waals surface area (Å²) in [4.78, 5) is 35.3. The molecule has 0 saturated carbocycles. The summed E-state index contributed by atoms with van der Waals surface area (Å²) in [5.74, 6) is -0.460. The molecule has 4 N–H and O–H groups in total. The van der Waals surface area contributed by atoms with Gasteiger partial charge in [0.25, 0.3) is 5.91 Å². The van der Waals surface area contributed by atoms with Crippen LogP contribution in [0.4, 0.5) is 17.1 Å². The standard InChI is InChI=1S/C20H24N4O3/c1-3-18(25)23-16-10-8-15(9-11-16)22-13-19(26)24-17-7-5-6-14(12-17)20(27)21-4-2/h5-12,22H,3-4,13H2,1-2H3,(H,21,27)(H,23,25)(H,24,26). The quantitative estimate of drug-likeness (QED) is 0.576. The third kappa shape index (κ3) is 6.47. The van der Waals surface area contributed by atoms with E-state index in [4.69, 9.17) is 0 Å². The molecule has 0 radical (unpaired) electrons. The number of hydrogen-bond donors (Lipinski definition) is 4. The number of rotatable bonds is 8. The molecule has 0 atom stereocenters. The summed E-state index contributed by atoms with van der Waals surface area (Å²) < 4.78 is 0. The topological polar surface area (TPSA) is 99.3 Å². The second-order valence-corrected chi connectivity index (χ2v) is 5.82. The summed E-state index contributed by atoms with van der Waals surface area (Å²) in [6.45, 7) is 4.25. The van der Waals surface area contributed by atoms with E-state index in [2.05, 4.69) is 21.3 Å². The lowest BCUT2D eigenvalue weighted by molar-refractivity contribution is -0.116. The number of nitrogens with one attached hydrogen (secondary N) is 4. The molecule has 0 heterocycles. The summed E-state index contributed by atoms with van der Waals surface area (Å²) >= 11 is 0. The number of amides is 3. The van der Waals surface area contributed by atoms with E-state index in [0.29, 0.717) is 29.9 Å². The fourth-order valence-electron chi connectivity index (χ4n) is 2.31. The zero-order valence-corrected chi connectivity index (χ0v) is 15.5. The van der Waals surface area contributed by atoms with Crippen LogP contribution in [0.25, 0.3) is 0 Å². The Morgan fingerprint density at radius 3 is 2.15 bits per heavy atom. The van der Waals surface area contributed by atoms with E-state index >= 15 is 0 Å². The number of hydrogen-bond acceptors (Lipinski definition) is 4. The molecule has 27 heavy (non-hydrogen) atoms. The molecule has 0 aliphatic carbocycles. The van der Waals surface area contributed by atoms with Crippen LogP contribution in [0.1, 0.15) is 30.6 Å². The van der Waals surface area contributed by atoms with Crippen molar-refractivity contribution < 1.29 is 14.4 Å². The number of benzene rings is 2. The molecule has 0 fully saturated rings. The van der Waals surface area contributed by atoms with E-state index in [9.17, 15) is 14.4 Å². The van der Waals surface area contributed by atoms with Crippen molar-refractivity contribution in [1.29, 1.82) is 0 Å². The molecule has 7 nitrogen and oxygen atoms in total. The second-order valence-electron chi connectivity index (χ2n) is 5.82. The molecule has 0 spiro atoms. The third-order valence-corrected chi connectivity index (χ3v) is 3.69. The maximum absolute atomic E-state index is 12.1. The SMILES string of the molecule is CCNC(=O)c1cccc(NC(=O)CNc2ccc(NC(=O)CC)cc2)c1. The van der Waals surface area contributed by atoms with Crippen molar-refractivity contribution in [2.75, 3.05) is 29.0 Å². The van der Waals surface area contributed by atoms with Gasteiger partial charge in [-0.05, 0) is 49.4 Å². The molecule has 2 rings (SSSR count). The zero-order valence-electron chi connectivity index (χ0n) is 15.5. The predicted octanol–water partition coefficient (Wildman–Crippen LogP) is 2.84. The van der Waals surface area contributed by atoms with Crippen LogP contribution in [-0.4, -0.2) is 30.8 Å². The molecular weight excluding hydrogens is 344 g/mol. The van der Waals surface area contributed by atoms with Gasteiger partial charge in [0.1, 0.15) is 0 Å². The minimum atomic E-state index is -0.230. The summed E-state index contributed by atoms with van der Waals surface area (Å²) in [6, 6.07) is 13.9. The monoisotopic (exact) mass is 368 g/mol. The van der Waals surface area contributed by atoms with Gasteiger partial charge in [0.2, 0.25) is 11.8 Å². The number of carbonyl (C=O) groups is 3. The van der Waals surface area contributed by atoms with Gasteiger partial charge in [-0.3, -0.25) is 14.4 Å². The highest BCUT2D eigenvalue weighted by Gasteiger charge is 2.07. The molecule has 0 aliphatic rings. The Labute approximate surface area is 158 Å². The van der Waals surface area contributed by atoms with Gasteiger partial charge in [0.15, 0.2) is 0 Å². The highest BCUT2D eigenvalue weighted by Crippen LogP contribution is 2.14. The minimum Gasteiger partial charge on any atom is -0.376 e. The molecule has 2 aromatic carbocycles. The van der Waals surface area contributed by atoms with Crippen LogP contribution in [0.3, 0.4) is 0 Å². The lowest BCUT2D eigenvalue weighted by atomic mass is 10.2. The summed E-state index contributed by atoms with van der Waals surface area (Å²) in [6.07, 6.45) is 0.418. The first-order chi connectivity index (χ1) is 13.0. The molecule has 2 aromatic rings. The van der Waals surface area contributed by atoms with Crippen LogP contribution in [-0.2, 0) is 9.59 Å². The van der Waals surface area contributed by atoms with Crippen LogP contribution in [0.2, 0.25) is 0 Å². The summed E-state index contributed by atoms with van der Waals surface area (Å²) in [5.41, 5.74) is 2.52. The Kier molecular flexibility index (Phi) is 7.37. The first-order valence-electron chi connectivity index (χ1n) is 8.83. The Bertz CT molecular complexity index is 803. The number of carbonyl (C=O) groups excluding carboxylic acids is 3. The molecular formula is C20H24N4O3. The zero-order chi connectivity index (χ0) is 19.6. The molecule has 7 heteroatoms. The molecule has 0 aromatic heterocycles. The predicted molar refractivity (Wildman–Crippen MR) is 107 cm³/mol. The largest absolute Gasteiger partial charge is 0.376 e.